The first-order valence-corrected chi connectivity index (χ1v) is 9.25. The number of nitrogens with zero attached hydrogens (tertiary/aromatic N) is 6. The zero-order valence-corrected chi connectivity index (χ0v) is 15.8. The average Bonchev–Trinajstić information content (AvgIpc) is 2.76. The van der Waals surface area contributed by atoms with Crippen LogP contribution < -0.4 is 15.4 Å². The number of aromatic nitrogens is 3. The Labute approximate surface area is 167 Å². The second kappa shape index (κ2) is 7.71. The summed E-state index contributed by atoms with van der Waals surface area (Å²) in [6, 6.07) is 14.9. The third kappa shape index (κ3) is 3.30. The molecule has 140 valence electrons. The lowest BCUT2D eigenvalue weighted by molar-refractivity contribution is 0.643. The maximum Gasteiger partial charge on any atom is 0.292 e. The summed E-state index contributed by atoms with van der Waals surface area (Å²) >= 11 is 6.40. The zero-order valence-electron chi connectivity index (χ0n) is 15.0. The highest BCUT2D eigenvalue weighted by Gasteiger charge is 2.23. The molecule has 0 radical (unpaired) electrons. The molecule has 1 saturated heterocycles. The van der Waals surface area contributed by atoms with E-state index in [9.17, 15) is 10.1 Å². The van der Waals surface area contributed by atoms with Gasteiger partial charge in [0.2, 0.25) is 0 Å². The lowest BCUT2D eigenvalue weighted by Gasteiger charge is -2.37. The molecule has 0 unspecified atom stereocenters. The van der Waals surface area contributed by atoms with Crippen LogP contribution in [0.5, 0.6) is 0 Å². The van der Waals surface area contributed by atoms with Gasteiger partial charge in [0.1, 0.15) is 16.9 Å². The molecule has 4 rings (SSSR count). The van der Waals surface area contributed by atoms with Crippen LogP contribution in [0.4, 0.5) is 11.5 Å². The molecule has 0 aliphatic carbocycles. The van der Waals surface area contributed by atoms with Crippen molar-refractivity contribution in [3.63, 3.8) is 0 Å². The number of halogens is 1. The molecule has 0 spiro atoms. The molecule has 8 heteroatoms. The number of anilines is 2. The molecule has 7 nitrogen and oxygen atoms in total. The van der Waals surface area contributed by atoms with Gasteiger partial charge in [0.15, 0.2) is 0 Å². The second-order valence-electron chi connectivity index (χ2n) is 6.36. The summed E-state index contributed by atoms with van der Waals surface area (Å²) < 4.78 is 1.30. The first kappa shape index (κ1) is 18.0. The third-order valence-corrected chi connectivity index (χ3v) is 5.08. The third-order valence-electron chi connectivity index (χ3n) is 4.73. The maximum absolute atomic E-state index is 12.7. The van der Waals surface area contributed by atoms with Gasteiger partial charge in [0.25, 0.3) is 5.56 Å². The summed E-state index contributed by atoms with van der Waals surface area (Å²) in [7, 11) is 0. The van der Waals surface area contributed by atoms with Crippen molar-refractivity contribution in [3.8, 4) is 11.8 Å². The van der Waals surface area contributed by atoms with Crippen LogP contribution in [0.1, 0.15) is 5.56 Å². The molecule has 0 saturated carbocycles. The van der Waals surface area contributed by atoms with Crippen LogP contribution in [0.2, 0.25) is 5.02 Å². The Kier molecular flexibility index (Phi) is 4.96. The minimum Gasteiger partial charge on any atom is -0.365 e. The molecule has 1 aliphatic rings. The predicted octanol–water partition coefficient (Wildman–Crippen LogP) is 2.48. The van der Waals surface area contributed by atoms with Gasteiger partial charge in [-0.25, -0.2) is 4.98 Å². The van der Waals surface area contributed by atoms with E-state index in [1.54, 1.807) is 24.5 Å². The van der Waals surface area contributed by atoms with Gasteiger partial charge in [-0.1, -0.05) is 29.8 Å². The first-order chi connectivity index (χ1) is 13.7. The van der Waals surface area contributed by atoms with Crippen molar-refractivity contribution >= 4 is 23.1 Å². The molecular weight excluding hydrogens is 376 g/mol. The van der Waals surface area contributed by atoms with Crippen LogP contribution in [-0.2, 0) is 0 Å². The zero-order chi connectivity index (χ0) is 19.5. The van der Waals surface area contributed by atoms with Gasteiger partial charge in [-0.2, -0.15) is 15.0 Å². The first-order valence-electron chi connectivity index (χ1n) is 8.87. The predicted molar refractivity (Wildman–Crippen MR) is 108 cm³/mol. The van der Waals surface area contributed by atoms with Crippen LogP contribution >= 0.6 is 11.6 Å². The van der Waals surface area contributed by atoms with Gasteiger partial charge >= 0.3 is 0 Å². The van der Waals surface area contributed by atoms with Crippen LogP contribution in [0, 0.1) is 11.3 Å². The molecule has 0 atom stereocenters. The lowest BCUT2D eigenvalue weighted by atomic mass is 10.2. The standard InChI is InChI=1S/C20H17ClN6O/c21-18-17(14-24-27(20(18)28)16-6-2-1-3-7-16)25-9-11-26(12-10-25)19-15(13-22)5-4-8-23-19/h1-8,14H,9-12H2. The fourth-order valence-corrected chi connectivity index (χ4v) is 3.54. The van der Waals surface area contributed by atoms with Crippen LogP contribution in [0.25, 0.3) is 5.69 Å². The molecule has 1 aliphatic heterocycles. The van der Waals surface area contributed by atoms with Crippen molar-refractivity contribution in [2.75, 3.05) is 36.0 Å². The van der Waals surface area contributed by atoms with Crippen molar-refractivity contribution in [1.29, 1.82) is 5.26 Å². The van der Waals surface area contributed by atoms with Crippen LogP contribution in [0.15, 0.2) is 59.7 Å². The Morgan fingerprint density at radius 3 is 2.43 bits per heavy atom. The van der Waals surface area contributed by atoms with E-state index in [0.29, 0.717) is 48.9 Å². The van der Waals surface area contributed by atoms with Crippen molar-refractivity contribution in [2.24, 2.45) is 0 Å². The van der Waals surface area contributed by atoms with E-state index in [1.807, 2.05) is 35.2 Å². The monoisotopic (exact) mass is 392 g/mol. The summed E-state index contributed by atoms with van der Waals surface area (Å²) in [6.45, 7) is 2.64. The van der Waals surface area contributed by atoms with E-state index in [2.05, 4.69) is 21.1 Å². The minimum absolute atomic E-state index is 0.155. The summed E-state index contributed by atoms with van der Waals surface area (Å²) in [6.07, 6.45) is 3.32. The molecule has 0 N–H and O–H groups in total. The molecule has 28 heavy (non-hydrogen) atoms. The Morgan fingerprint density at radius 1 is 1.00 bits per heavy atom. The van der Waals surface area contributed by atoms with E-state index in [4.69, 9.17) is 11.6 Å². The number of piperazine rings is 1. The van der Waals surface area contributed by atoms with E-state index in [1.165, 1.54) is 4.68 Å². The van der Waals surface area contributed by atoms with Gasteiger partial charge in [0.05, 0.1) is 23.1 Å². The van der Waals surface area contributed by atoms with Gasteiger partial charge in [0, 0.05) is 32.4 Å². The fraction of sp³-hybridized carbons (Fsp3) is 0.200. The summed E-state index contributed by atoms with van der Waals surface area (Å²) in [4.78, 5) is 21.1. The van der Waals surface area contributed by atoms with Gasteiger partial charge in [-0.15, -0.1) is 0 Å². The Balaban J connectivity index is 1.55. The van der Waals surface area contributed by atoms with Crippen molar-refractivity contribution < 1.29 is 0 Å². The van der Waals surface area contributed by atoms with Crippen molar-refractivity contribution in [2.45, 2.75) is 0 Å². The molecule has 1 fully saturated rings. The molecule has 0 bridgehead atoms. The summed E-state index contributed by atoms with van der Waals surface area (Å²) in [5, 5.41) is 13.7. The highest BCUT2D eigenvalue weighted by molar-refractivity contribution is 6.33. The van der Waals surface area contributed by atoms with E-state index < -0.39 is 0 Å². The molecule has 1 aromatic carbocycles. The van der Waals surface area contributed by atoms with Crippen LogP contribution in [0.3, 0.4) is 0 Å². The molecular formula is C20H17ClN6O. The van der Waals surface area contributed by atoms with E-state index in [0.717, 1.165) is 0 Å². The Morgan fingerprint density at radius 2 is 1.71 bits per heavy atom. The topological polar surface area (TPSA) is 78.1 Å². The fourth-order valence-electron chi connectivity index (χ4n) is 3.29. The molecule has 3 aromatic rings. The van der Waals surface area contributed by atoms with Gasteiger partial charge < -0.3 is 9.80 Å². The summed E-state index contributed by atoms with van der Waals surface area (Å²) in [5.41, 5.74) is 1.51. The van der Waals surface area contributed by atoms with Crippen molar-refractivity contribution in [3.05, 3.63) is 75.8 Å². The quantitative estimate of drug-likeness (QED) is 0.681. The number of benzene rings is 1. The number of nitriles is 1. The van der Waals surface area contributed by atoms with Gasteiger partial charge in [-0.05, 0) is 24.3 Å². The average molecular weight is 393 g/mol. The Bertz CT molecular complexity index is 1080. The lowest BCUT2D eigenvalue weighted by Crippen LogP contribution is -2.47. The number of rotatable bonds is 3. The van der Waals surface area contributed by atoms with Crippen molar-refractivity contribution in [1.82, 2.24) is 14.8 Å². The number of pyridine rings is 1. The highest BCUT2D eigenvalue weighted by Crippen LogP contribution is 2.25. The molecule has 2 aromatic heterocycles. The normalized spacial score (nSPS) is 14.0. The van der Waals surface area contributed by atoms with Crippen LogP contribution in [-0.4, -0.2) is 40.9 Å². The largest absolute Gasteiger partial charge is 0.365 e. The Hall–Kier alpha value is -3.37. The second-order valence-corrected chi connectivity index (χ2v) is 6.73. The minimum atomic E-state index is -0.343. The molecule has 3 heterocycles. The van der Waals surface area contributed by atoms with E-state index in [-0.39, 0.29) is 10.6 Å². The smallest absolute Gasteiger partial charge is 0.292 e. The molecule has 0 amide bonds. The van der Waals surface area contributed by atoms with E-state index >= 15 is 0 Å². The van der Waals surface area contributed by atoms with Gasteiger partial charge in [-0.3, -0.25) is 4.79 Å². The number of para-hydroxylation sites is 1. The highest BCUT2D eigenvalue weighted by atomic mass is 35.5. The maximum atomic E-state index is 12.7. The SMILES string of the molecule is N#Cc1cccnc1N1CCN(c2cnn(-c3ccccc3)c(=O)c2Cl)CC1. The summed E-state index contributed by atoms with van der Waals surface area (Å²) in [5.74, 6) is 0.688. The number of hydrogen-bond acceptors (Lipinski definition) is 6. The number of hydrogen-bond donors (Lipinski definition) is 0.